The van der Waals surface area contributed by atoms with Gasteiger partial charge in [0.2, 0.25) is 11.8 Å². The molecule has 2 N–H and O–H groups in total. The molecule has 0 atom stereocenters. The van der Waals surface area contributed by atoms with Gasteiger partial charge >= 0.3 is 0 Å². The highest BCUT2D eigenvalue weighted by molar-refractivity contribution is 5.95. The number of amides is 2. The first-order valence-corrected chi connectivity index (χ1v) is 10.7. The van der Waals surface area contributed by atoms with Gasteiger partial charge in [-0.2, -0.15) is 0 Å². The van der Waals surface area contributed by atoms with Gasteiger partial charge in [0.1, 0.15) is 5.75 Å². The van der Waals surface area contributed by atoms with Gasteiger partial charge < -0.3 is 25.2 Å². The van der Waals surface area contributed by atoms with Gasteiger partial charge in [0.25, 0.3) is 0 Å². The molecular weight excluding hydrogens is 406 g/mol. The number of nitrogens with one attached hydrogen (secondary N) is 2. The molecule has 8 nitrogen and oxygen atoms in total. The zero-order chi connectivity index (χ0) is 22.9. The van der Waals surface area contributed by atoms with E-state index in [2.05, 4.69) is 15.6 Å². The van der Waals surface area contributed by atoms with E-state index >= 15 is 0 Å². The Kier molecular flexibility index (Phi) is 8.08. The monoisotopic (exact) mass is 437 g/mol. The minimum Gasteiger partial charge on any atom is -0.497 e. The Morgan fingerprint density at radius 3 is 2.34 bits per heavy atom. The third kappa shape index (κ3) is 6.47. The van der Waals surface area contributed by atoms with Crippen LogP contribution in [-0.4, -0.2) is 57.0 Å². The summed E-state index contributed by atoms with van der Waals surface area (Å²) in [7, 11) is 5.08. The molecule has 1 aliphatic rings. The maximum absolute atomic E-state index is 12.0. The lowest BCUT2D eigenvalue weighted by molar-refractivity contribution is -0.127. The van der Waals surface area contributed by atoms with Gasteiger partial charge in [0.05, 0.1) is 20.2 Å². The van der Waals surface area contributed by atoms with Gasteiger partial charge in [0, 0.05) is 39.3 Å². The van der Waals surface area contributed by atoms with Crippen molar-refractivity contribution in [2.24, 2.45) is 4.99 Å². The molecule has 0 aliphatic carbocycles. The van der Waals surface area contributed by atoms with Crippen LogP contribution in [0.2, 0.25) is 0 Å². The van der Waals surface area contributed by atoms with Crippen LogP contribution in [0.15, 0.2) is 53.5 Å². The van der Waals surface area contributed by atoms with E-state index in [0.717, 1.165) is 35.5 Å². The molecule has 32 heavy (non-hydrogen) atoms. The summed E-state index contributed by atoms with van der Waals surface area (Å²) in [6.07, 6.45) is 1.53. The molecule has 2 aromatic rings. The first-order chi connectivity index (χ1) is 15.5. The van der Waals surface area contributed by atoms with Crippen LogP contribution in [0.4, 0.5) is 5.69 Å². The molecular formula is C24H31N5O3. The van der Waals surface area contributed by atoms with Gasteiger partial charge in [-0.05, 0) is 41.8 Å². The Balaban J connectivity index is 1.62. The summed E-state index contributed by atoms with van der Waals surface area (Å²) in [6.45, 7) is 1.93. The molecule has 0 spiro atoms. The third-order valence-corrected chi connectivity index (χ3v) is 5.27. The van der Waals surface area contributed by atoms with Crippen LogP contribution in [0.5, 0.6) is 5.75 Å². The SMILES string of the molecule is COc1ccc(CN=C(NCC(=O)N(C)C)NCc2ccc(N3CCCC3=O)cc2)cc1. The molecule has 3 rings (SSSR count). The fourth-order valence-electron chi connectivity index (χ4n) is 3.29. The van der Waals surface area contributed by atoms with Gasteiger partial charge in [0.15, 0.2) is 5.96 Å². The highest BCUT2D eigenvalue weighted by Crippen LogP contribution is 2.21. The molecule has 1 saturated heterocycles. The van der Waals surface area contributed by atoms with E-state index in [-0.39, 0.29) is 18.4 Å². The summed E-state index contributed by atoms with van der Waals surface area (Å²) in [5, 5.41) is 6.38. The van der Waals surface area contributed by atoms with Crippen molar-refractivity contribution >= 4 is 23.5 Å². The van der Waals surface area contributed by atoms with Gasteiger partial charge in [-0.25, -0.2) is 4.99 Å². The normalized spacial score (nSPS) is 13.8. The van der Waals surface area contributed by atoms with Crippen LogP contribution in [-0.2, 0) is 22.7 Å². The van der Waals surface area contributed by atoms with Crippen molar-refractivity contribution in [3.05, 3.63) is 59.7 Å². The van der Waals surface area contributed by atoms with Gasteiger partial charge in [-0.3, -0.25) is 9.59 Å². The maximum atomic E-state index is 12.0. The van der Waals surface area contributed by atoms with Crippen molar-refractivity contribution in [3.63, 3.8) is 0 Å². The molecule has 0 aromatic heterocycles. The van der Waals surface area contributed by atoms with E-state index in [9.17, 15) is 9.59 Å². The number of carbonyl (C=O) groups is 2. The molecule has 170 valence electrons. The molecule has 1 fully saturated rings. The Bertz CT molecular complexity index is 939. The Morgan fingerprint density at radius 1 is 1.06 bits per heavy atom. The quantitative estimate of drug-likeness (QED) is 0.488. The van der Waals surface area contributed by atoms with E-state index in [1.54, 1.807) is 21.2 Å². The second kappa shape index (κ2) is 11.2. The molecule has 1 aliphatic heterocycles. The van der Waals surface area contributed by atoms with Crippen LogP contribution in [0.3, 0.4) is 0 Å². The van der Waals surface area contributed by atoms with Gasteiger partial charge in [-0.15, -0.1) is 0 Å². The van der Waals surface area contributed by atoms with E-state index in [1.807, 2.05) is 53.4 Å². The van der Waals surface area contributed by atoms with Crippen LogP contribution in [0.25, 0.3) is 0 Å². The highest BCUT2D eigenvalue weighted by Gasteiger charge is 2.21. The summed E-state index contributed by atoms with van der Waals surface area (Å²) in [6, 6.07) is 15.7. The topological polar surface area (TPSA) is 86.3 Å². The number of methoxy groups -OCH3 is 1. The minimum absolute atomic E-state index is 0.0384. The lowest BCUT2D eigenvalue weighted by Gasteiger charge is -2.17. The lowest BCUT2D eigenvalue weighted by Crippen LogP contribution is -2.42. The first kappa shape index (κ1) is 23.1. The number of guanidine groups is 1. The van der Waals surface area contributed by atoms with E-state index < -0.39 is 0 Å². The van der Waals surface area contributed by atoms with Crippen LogP contribution in [0, 0.1) is 0 Å². The number of aliphatic imine (C=N–C) groups is 1. The second-order valence-electron chi connectivity index (χ2n) is 7.82. The van der Waals surface area contributed by atoms with Crippen molar-refractivity contribution in [2.75, 3.05) is 39.2 Å². The molecule has 0 bridgehead atoms. The predicted molar refractivity (Wildman–Crippen MR) is 126 cm³/mol. The van der Waals surface area contributed by atoms with E-state index in [4.69, 9.17) is 4.74 Å². The van der Waals surface area contributed by atoms with Crippen molar-refractivity contribution in [2.45, 2.75) is 25.9 Å². The zero-order valence-electron chi connectivity index (χ0n) is 18.9. The number of benzene rings is 2. The summed E-state index contributed by atoms with van der Waals surface area (Å²) >= 11 is 0. The number of likely N-dealkylation sites (N-methyl/N-ethyl adjacent to an activating group) is 1. The number of ether oxygens (including phenoxy) is 1. The Morgan fingerprint density at radius 2 is 1.75 bits per heavy atom. The average Bonchev–Trinajstić information content (AvgIpc) is 3.24. The van der Waals surface area contributed by atoms with E-state index in [1.165, 1.54) is 4.90 Å². The van der Waals surface area contributed by atoms with Crippen molar-refractivity contribution in [3.8, 4) is 5.75 Å². The molecule has 0 saturated carbocycles. The molecule has 0 unspecified atom stereocenters. The Hall–Kier alpha value is -3.55. The van der Waals surface area contributed by atoms with Crippen molar-refractivity contribution < 1.29 is 14.3 Å². The lowest BCUT2D eigenvalue weighted by atomic mass is 10.2. The number of hydrogen-bond acceptors (Lipinski definition) is 4. The molecule has 2 amide bonds. The molecule has 8 heteroatoms. The number of nitrogens with zero attached hydrogens (tertiary/aromatic N) is 3. The number of hydrogen-bond donors (Lipinski definition) is 2. The Labute approximate surface area is 189 Å². The highest BCUT2D eigenvalue weighted by atomic mass is 16.5. The number of carbonyl (C=O) groups excluding carboxylic acids is 2. The summed E-state index contributed by atoms with van der Waals surface area (Å²) in [4.78, 5) is 31.9. The maximum Gasteiger partial charge on any atom is 0.241 e. The van der Waals surface area contributed by atoms with E-state index in [0.29, 0.717) is 25.5 Å². The fourth-order valence-corrected chi connectivity index (χ4v) is 3.29. The smallest absolute Gasteiger partial charge is 0.241 e. The molecule has 1 heterocycles. The van der Waals surface area contributed by atoms with Crippen LogP contribution in [0.1, 0.15) is 24.0 Å². The second-order valence-corrected chi connectivity index (χ2v) is 7.82. The molecule has 0 radical (unpaired) electrons. The largest absolute Gasteiger partial charge is 0.497 e. The summed E-state index contributed by atoms with van der Waals surface area (Å²) < 4.78 is 5.19. The first-order valence-electron chi connectivity index (χ1n) is 10.7. The third-order valence-electron chi connectivity index (χ3n) is 5.27. The molecule has 2 aromatic carbocycles. The van der Waals surface area contributed by atoms with Crippen molar-refractivity contribution in [1.82, 2.24) is 15.5 Å². The van der Waals surface area contributed by atoms with Crippen LogP contribution < -0.4 is 20.3 Å². The van der Waals surface area contributed by atoms with Crippen LogP contribution >= 0.6 is 0 Å². The fraction of sp³-hybridized carbons (Fsp3) is 0.375. The minimum atomic E-state index is -0.0384. The number of rotatable bonds is 8. The average molecular weight is 438 g/mol. The van der Waals surface area contributed by atoms with Gasteiger partial charge in [-0.1, -0.05) is 24.3 Å². The summed E-state index contributed by atoms with van der Waals surface area (Å²) in [5.74, 6) is 1.49. The van der Waals surface area contributed by atoms with Crippen molar-refractivity contribution in [1.29, 1.82) is 0 Å². The predicted octanol–water partition coefficient (Wildman–Crippen LogP) is 2.15. The number of anilines is 1. The zero-order valence-corrected chi connectivity index (χ0v) is 18.9. The summed E-state index contributed by atoms with van der Waals surface area (Å²) in [5.41, 5.74) is 3.02. The standard InChI is InChI=1S/C24H31N5O3/c1-28(2)23(31)17-27-24(26-16-19-8-12-21(32-3)13-9-19)25-15-18-6-10-20(11-7-18)29-14-4-5-22(29)30/h6-13H,4-5,14-17H2,1-3H3,(H2,25,26,27).